The van der Waals surface area contributed by atoms with Crippen molar-refractivity contribution in [1.82, 2.24) is 4.90 Å². The first-order valence-corrected chi connectivity index (χ1v) is 5.57. The van der Waals surface area contributed by atoms with Gasteiger partial charge in [-0.15, -0.1) is 0 Å². The Bertz CT molecular complexity index is 238. The summed E-state index contributed by atoms with van der Waals surface area (Å²) in [5, 5.41) is 8.51. The Labute approximate surface area is 97.2 Å². The van der Waals surface area contributed by atoms with Crippen LogP contribution >= 0.6 is 0 Å². The van der Waals surface area contributed by atoms with Gasteiger partial charge < -0.3 is 15.4 Å². The average molecular weight is 227 g/mol. The van der Waals surface area contributed by atoms with Gasteiger partial charge in [0.25, 0.3) is 0 Å². The summed E-state index contributed by atoms with van der Waals surface area (Å²) in [6.45, 7) is 3.38. The van der Waals surface area contributed by atoms with E-state index in [1.54, 1.807) is 12.0 Å². The third-order valence-electron chi connectivity index (χ3n) is 2.29. The molecule has 5 heteroatoms. The maximum Gasteiger partial charge on any atom is 0.239 e. The predicted molar refractivity (Wildman–Crippen MR) is 61.6 cm³/mol. The van der Waals surface area contributed by atoms with Crippen LogP contribution < -0.4 is 5.73 Å². The normalized spacial score (nSPS) is 11.9. The van der Waals surface area contributed by atoms with Crippen LogP contribution in [-0.2, 0) is 9.53 Å². The molecule has 0 spiro atoms. The maximum absolute atomic E-state index is 11.9. The minimum absolute atomic E-state index is 0.0887. The molecule has 0 aliphatic carbocycles. The largest absolute Gasteiger partial charge is 0.383 e. The summed E-state index contributed by atoms with van der Waals surface area (Å²) >= 11 is 0. The number of rotatable bonds is 8. The average Bonchev–Trinajstić information content (AvgIpc) is 2.29. The number of carbonyl (C=O) groups excluding carboxylic acids is 1. The lowest BCUT2D eigenvalue weighted by Crippen LogP contribution is -2.45. The molecule has 0 aromatic heterocycles. The molecular formula is C11H21N3O2. The number of ether oxygens (including phenoxy) is 1. The van der Waals surface area contributed by atoms with Crippen LogP contribution in [0.4, 0.5) is 0 Å². The van der Waals surface area contributed by atoms with E-state index in [4.69, 9.17) is 15.7 Å². The fourth-order valence-electron chi connectivity index (χ4n) is 1.39. The summed E-state index contributed by atoms with van der Waals surface area (Å²) in [7, 11) is 1.58. The third kappa shape index (κ3) is 5.69. The van der Waals surface area contributed by atoms with E-state index in [-0.39, 0.29) is 5.91 Å². The fraction of sp³-hybridized carbons (Fsp3) is 0.818. The van der Waals surface area contributed by atoms with Crippen molar-refractivity contribution in [3.63, 3.8) is 0 Å². The molecule has 2 N–H and O–H groups in total. The Morgan fingerprint density at radius 1 is 1.56 bits per heavy atom. The van der Waals surface area contributed by atoms with Crippen LogP contribution in [0.3, 0.4) is 0 Å². The third-order valence-corrected chi connectivity index (χ3v) is 2.29. The van der Waals surface area contributed by atoms with E-state index in [0.29, 0.717) is 32.5 Å². The van der Waals surface area contributed by atoms with Crippen molar-refractivity contribution in [3.05, 3.63) is 0 Å². The highest BCUT2D eigenvalue weighted by atomic mass is 16.5. The molecule has 0 saturated heterocycles. The fourth-order valence-corrected chi connectivity index (χ4v) is 1.39. The van der Waals surface area contributed by atoms with Gasteiger partial charge >= 0.3 is 0 Å². The van der Waals surface area contributed by atoms with Crippen LogP contribution in [-0.4, -0.2) is 43.7 Å². The Hall–Kier alpha value is -1.12. The number of nitrogens with two attached hydrogens (primary N) is 1. The minimum Gasteiger partial charge on any atom is -0.383 e. The van der Waals surface area contributed by atoms with E-state index < -0.39 is 6.04 Å². The lowest BCUT2D eigenvalue weighted by molar-refractivity contribution is -0.133. The molecule has 0 fully saturated rings. The Morgan fingerprint density at radius 2 is 2.25 bits per heavy atom. The molecule has 1 atom stereocenters. The topological polar surface area (TPSA) is 79.4 Å². The van der Waals surface area contributed by atoms with Crippen molar-refractivity contribution in [1.29, 1.82) is 5.26 Å². The standard InChI is InChI=1S/C11H21N3O2/c1-3-5-10(13)11(15)14(7-4-6-12)8-9-16-2/h10H,3-5,7-9,13H2,1-2H3. The Morgan fingerprint density at radius 3 is 2.75 bits per heavy atom. The molecule has 1 unspecified atom stereocenters. The maximum atomic E-state index is 11.9. The first kappa shape index (κ1) is 14.9. The molecule has 0 bridgehead atoms. The Balaban J connectivity index is 4.24. The summed E-state index contributed by atoms with van der Waals surface area (Å²) in [6.07, 6.45) is 1.88. The van der Waals surface area contributed by atoms with Crippen LogP contribution in [0.25, 0.3) is 0 Å². The van der Waals surface area contributed by atoms with Gasteiger partial charge in [0, 0.05) is 20.2 Å². The van der Waals surface area contributed by atoms with Gasteiger partial charge in [-0.1, -0.05) is 13.3 Å². The zero-order chi connectivity index (χ0) is 12.4. The highest BCUT2D eigenvalue weighted by Crippen LogP contribution is 2.01. The lowest BCUT2D eigenvalue weighted by Gasteiger charge is -2.24. The van der Waals surface area contributed by atoms with Crippen LogP contribution in [0.5, 0.6) is 0 Å². The van der Waals surface area contributed by atoms with Crippen molar-refractivity contribution >= 4 is 5.91 Å². The summed E-state index contributed by atoms with van der Waals surface area (Å²) < 4.78 is 4.92. The first-order chi connectivity index (χ1) is 7.67. The van der Waals surface area contributed by atoms with Gasteiger partial charge in [0.15, 0.2) is 0 Å². The molecule has 92 valence electrons. The molecule has 0 saturated carbocycles. The molecule has 0 aliphatic heterocycles. The highest BCUT2D eigenvalue weighted by molar-refractivity contribution is 5.81. The molecule has 0 heterocycles. The molecule has 0 aromatic rings. The van der Waals surface area contributed by atoms with Gasteiger partial charge in [0.05, 0.1) is 25.1 Å². The summed E-state index contributed by atoms with van der Waals surface area (Å²) in [5.41, 5.74) is 5.76. The second-order valence-electron chi connectivity index (χ2n) is 3.62. The van der Waals surface area contributed by atoms with E-state index in [1.807, 2.05) is 13.0 Å². The molecule has 16 heavy (non-hydrogen) atoms. The van der Waals surface area contributed by atoms with Gasteiger partial charge in [0.1, 0.15) is 0 Å². The lowest BCUT2D eigenvalue weighted by atomic mass is 10.1. The highest BCUT2D eigenvalue weighted by Gasteiger charge is 2.19. The number of nitriles is 1. The second kappa shape index (κ2) is 9.13. The summed E-state index contributed by atoms with van der Waals surface area (Å²) in [6, 6.07) is 1.57. The molecule has 0 rings (SSSR count). The van der Waals surface area contributed by atoms with Crippen molar-refractivity contribution < 1.29 is 9.53 Å². The molecule has 0 aromatic carbocycles. The van der Waals surface area contributed by atoms with Gasteiger partial charge in [-0.3, -0.25) is 4.79 Å². The van der Waals surface area contributed by atoms with E-state index in [1.165, 1.54) is 0 Å². The molecule has 0 radical (unpaired) electrons. The number of hydrogen-bond acceptors (Lipinski definition) is 4. The van der Waals surface area contributed by atoms with E-state index in [9.17, 15) is 4.79 Å². The van der Waals surface area contributed by atoms with E-state index in [2.05, 4.69) is 0 Å². The SMILES string of the molecule is CCCC(N)C(=O)N(CCC#N)CCOC. The van der Waals surface area contributed by atoms with Crippen molar-refractivity contribution in [2.75, 3.05) is 26.8 Å². The summed E-state index contributed by atoms with van der Waals surface area (Å²) in [4.78, 5) is 13.5. The van der Waals surface area contributed by atoms with Crippen LogP contribution in [0.1, 0.15) is 26.2 Å². The predicted octanol–water partition coefficient (Wildman–Crippen LogP) is 0.502. The number of nitrogens with zero attached hydrogens (tertiary/aromatic N) is 2. The number of methoxy groups -OCH3 is 1. The molecular weight excluding hydrogens is 206 g/mol. The van der Waals surface area contributed by atoms with Crippen molar-refractivity contribution in [2.24, 2.45) is 5.73 Å². The molecule has 0 aliphatic rings. The van der Waals surface area contributed by atoms with E-state index >= 15 is 0 Å². The monoisotopic (exact) mass is 227 g/mol. The number of amides is 1. The van der Waals surface area contributed by atoms with Gasteiger partial charge in [-0.25, -0.2) is 0 Å². The zero-order valence-electron chi connectivity index (χ0n) is 10.1. The van der Waals surface area contributed by atoms with Gasteiger partial charge in [-0.05, 0) is 6.42 Å². The quantitative estimate of drug-likeness (QED) is 0.655. The second-order valence-corrected chi connectivity index (χ2v) is 3.62. The first-order valence-electron chi connectivity index (χ1n) is 5.57. The van der Waals surface area contributed by atoms with Gasteiger partial charge in [-0.2, -0.15) is 5.26 Å². The zero-order valence-corrected chi connectivity index (χ0v) is 10.1. The summed E-state index contributed by atoms with van der Waals surface area (Å²) in [5.74, 6) is -0.0887. The smallest absolute Gasteiger partial charge is 0.239 e. The van der Waals surface area contributed by atoms with Gasteiger partial charge in [0.2, 0.25) is 5.91 Å². The molecule has 5 nitrogen and oxygen atoms in total. The van der Waals surface area contributed by atoms with E-state index in [0.717, 1.165) is 6.42 Å². The number of hydrogen-bond donors (Lipinski definition) is 1. The Kier molecular flexibility index (Phi) is 8.49. The number of carbonyl (C=O) groups is 1. The molecule has 1 amide bonds. The van der Waals surface area contributed by atoms with Crippen molar-refractivity contribution in [2.45, 2.75) is 32.2 Å². The van der Waals surface area contributed by atoms with Crippen molar-refractivity contribution in [3.8, 4) is 6.07 Å². The van der Waals surface area contributed by atoms with Crippen LogP contribution in [0.2, 0.25) is 0 Å². The van der Waals surface area contributed by atoms with Crippen LogP contribution in [0, 0.1) is 11.3 Å². The van der Waals surface area contributed by atoms with Crippen LogP contribution in [0.15, 0.2) is 0 Å². The minimum atomic E-state index is -0.458.